The monoisotopic (exact) mass is 272 g/mol. The quantitative estimate of drug-likeness (QED) is 0.532. The second-order valence-corrected chi connectivity index (χ2v) is 5.20. The van der Waals surface area contributed by atoms with Gasteiger partial charge >= 0.3 is 17.2 Å². The van der Waals surface area contributed by atoms with Gasteiger partial charge in [-0.1, -0.05) is 6.92 Å². The van der Waals surface area contributed by atoms with Crippen LogP contribution in [-0.2, 0) is 22.4 Å². The molecule has 98 valence electrons. The van der Waals surface area contributed by atoms with Gasteiger partial charge in [-0.05, 0) is 27.2 Å². The summed E-state index contributed by atoms with van der Waals surface area (Å²) in [6, 6.07) is 0. The van der Waals surface area contributed by atoms with Gasteiger partial charge in [0.1, 0.15) is 0 Å². The maximum Gasteiger partial charge on any atom is 0.339 e. The van der Waals surface area contributed by atoms with Crippen molar-refractivity contribution >= 4 is 17.2 Å². The highest BCUT2D eigenvalue weighted by Crippen LogP contribution is 2.55. The second kappa shape index (κ2) is 12.1. The number of hydrogen-bond donors (Lipinski definition) is 0. The molecule has 0 radical (unpaired) electrons. The highest BCUT2D eigenvalue weighted by molar-refractivity contribution is 7.55. The molecule has 0 aliphatic carbocycles. The second-order valence-electron chi connectivity index (χ2n) is 2.62. The maximum absolute atomic E-state index is 5.51. The van der Waals surface area contributed by atoms with Gasteiger partial charge in [0.2, 0.25) is 0 Å². The lowest BCUT2D eigenvalue weighted by atomic mass is 10.5. The highest BCUT2D eigenvalue weighted by Gasteiger charge is 2.21. The predicted octanol–water partition coefficient (Wildman–Crippen LogP) is 3.99. The first kappa shape index (κ1) is 16.7. The summed E-state index contributed by atoms with van der Waals surface area (Å²) in [6.45, 7) is 10.00. The van der Waals surface area contributed by atoms with Crippen LogP contribution in [0.1, 0.15) is 34.1 Å². The molecule has 0 N–H and O–H groups in total. The molecule has 0 aromatic rings. The molecule has 0 aliphatic rings. The van der Waals surface area contributed by atoms with Crippen molar-refractivity contribution in [1.82, 2.24) is 0 Å². The molecule has 7 heteroatoms. The van der Waals surface area contributed by atoms with Crippen LogP contribution in [0.3, 0.4) is 0 Å². The Bertz CT molecular complexity index is 144. The predicted molar refractivity (Wildman–Crippen MR) is 66.0 cm³/mol. The minimum absolute atomic E-state index is 0.550. The van der Waals surface area contributed by atoms with E-state index < -0.39 is 17.2 Å². The normalized spacial score (nSPS) is 13.3. The zero-order chi connectivity index (χ0) is 12.2. The molecule has 0 heterocycles. The zero-order valence-electron chi connectivity index (χ0n) is 10.5. The van der Waals surface area contributed by atoms with Crippen molar-refractivity contribution in [2.24, 2.45) is 0 Å². The Morgan fingerprint density at radius 1 is 0.688 bits per heavy atom. The number of hydrogen-bond acceptors (Lipinski definition) is 5. The molecular weight excluding hydrogens is 250 g/mol. The van der Waals surface area contributed by atoms with Gasteiger partial charge in [0, 0.05) is 0 Å². The van der Waals surface area contributed by atoms with Crippen LogP contribution < -0.4 is 0 Å². The van der Waals surface area contributed by atoms with Crippen molar-refractivity contribution in [3.8, 4) is 0 Å². The molecule has 0 aromatic heterocycles. The molecule has 16 heavy (non-hydrogen) atoms. The van der Waals surface area contributed by atoms with E-state index >= 15 is 0 Å². The van der Waals surface area contributed by atoms with Crippen LogP contribution in [0.4, 0.5) is 0 Å². The van der Waals surface area contributed by atoms with Gasteiger partial charge in [-0.25, -0.2) is 4.31 Å². The van der Waals surface area contributed by atoms with Crippen LogP contribution in [-0.4, -0.2) is 26.4 Å². The van der Waals surface area contributed by atoms with Gasteiger partial charge in [0.15, 0.2) is 0 Å². The molecule has 0 rings (SSSR count). The lowest BCUT2D eigenvalue weighted by Crippen LogP contribution is -1.98. The third-order valence-corrected chi connectivity index (χ3v) is 4.10. The van der Waals surface area contributed by atoms with E-state index in [9.17, 15) is 0 Å². The van der Waals surface area contributed by atoms with E-state index in [1.54, 1.807) is 0 Å². The van der Waals surface area contributed by atoms with Gasteiger partial charge in [0.05, 0.1) is 26.4 Å². The molecular formula is C9H22O5P2. The standard InChI is InChI=1S/C9H22O5P2/c1-5-9-13-16(12-8-4)14-15(10-6-2)11-7-3/h5-9H2,1-4H3. The van der Waals surface area contributed by atoms with Gasteiger partial charge in [-0.3, -0.25) is 0 Å². The fraction of sp³-hybridized carbons (Fsp3) is 1.00. The SMILES string of the molecule is CCCOP(OCC)OP(OCC)OCC. The van der Waals surface area contributed by atoms with Crippen LogP contribution in [0.2, 0.25) is 0 Å². The van der Waals surface area contributed by atoms with Gasteiger partial charge < -0.3 is 18.1 Å². The Morgan fingerprint density at radius 3 is 1.50 bits per heavy atom. The van der Waals surface area contributed by atoms with Crippen molar-refractivity contribution in [2.45, 2.75) is 34.1 Å². The summed E-state index contributed by atoms with van der Waals surface area (Å²) < 4.78 is 26.9. The average molecular weight is 272 g/mol. The van der Waals surface area contributed by atoms with Crippen molar-refractivity contribution < 1.29 is 22.4 Å². The van der Waals surface area contributed by atoms with E-state index in [0.29, 0.717) is 26.4 Å². The minimum Gasteiger partial charge on any atom is -0.312 e. The van der Waals surface area contributed by atoms with Crippen molar-refractivity contribution in [3.63, 3.8) is 0 Å². The Morgan fingerprint density at radius 2 is 1.12 bits per heavy atom. The fourth-order valence-electron chi connectivity index (χ4n) is 0.705. The van der Waals surface area contributed by atoms with Crippen molar-refractivity contribution in [3.05, 3.63) is 0 Å². The summed E-state index contributed by atoms with van der Waals surface area (Å²) in [7, 11) is -2.70. The summed E-state index contributed by atoms with van der Waals surface area (Å²) in [5.41, 5.74) is 0. The Labute approximate surface area is 101 Å². The molecule has 0 amide bonds. The molecule has 0 fully saturated rings. The summed E-state index contributed by atoms with van der Waals surface area (Å²) in [5.74, 6) is 0. The molecule has 0 saturated carbocycles. The smallest absolute Gasteiger partial charge is 0.312 e. The van der Waals surface area contributed by atoms with E-state index in [-0.39, 0.29) is 0 Å². The van der Waals surface area contributed by atoms with Crippen LogP contribution in [0.5, 0.6) is 0 Å². The van der Waals surface area contributed by atoms with Gasteiger partial charge in [-0.15, -0.1) is 0 Å². The number of rotatable bonds is 11. The van der Waals surface area contributed by atoms with Crippen molar-refractivity contribution in [2.75, 3.05) is 26.4 Å². The summed E-state index contributed by atoms with van der Waals surface area (Å²) in [6.07, 6.45) is 0.927. The molecule has 0 spiro atoms. The van der Waals surface area contributed by atoms with E-state index in [1.165, 1.54) is 0 Å². The highest BCUT2D eigenvalue weighted by atomic mass is 31.2. The van der Waals surface area contributed by atoms with Crippen LogP contribution in [0.25, 0.3) is 0 Å². The average Bonchev–Trinajstić information content (AvgIpc) is 2.27. The summed E-state index contributed by atoms with van der Waals surface area (Å²) in [5, 5.41) is 0. The molecule has 0 aromatic carbocycles. The third kappa shape index (κ3) is 8.77. The molecule has 0 aliphatic heterocycles. The summed E-state index contributed by atoms with van der Waals surface area (Å²) in [4.78, 5) is 0. The minimum atomic E-state index is -1.35. The largest absolute Gasteiger partial charge is 0.339 e. The summed E-state index contributed by atoms with van der Waals surface area (Å²) >= 11 is 0. The molecule has 1 atom stereocenters. The molecule has 0 bridgehead atoms. The van der Waals surface area contributed by atoms with Crippen LogP contribution >= 0.6 is 17.2 Å². The lowest BCUT2D eigenvalue weighted by molar-refractivity contribution is 0.176. The lowest BCUT2D eigenvalue weighted by Gasteiger charge is -2.20. The maximum atomic E-state index is 5.51. The Balaban J connectivity index is 3.98. The molecule has 0 saturated heterocycles. The van der Waals surface area contributed by atoms with Crippen molar-refractivity contribution in [1.29, 1.82) is 0 Å². The zero-order valence-corrected chi connectivity index (χ0v) is 12.3. The van der Waals surface area contributed by atoms with Crippen LogP contribution in [0, 0.1) is 0 Å². The van der Waals surface area contributed by atoms with Gasteiger partial charge in [-0.2, -0.15) is 0 Å². The first-order chi connectivity index (χ1) is 7.78. The third-order valence-electron chi connectivity index (χ3n) is 1.24. The Hall–Kier alpha value is 0.660. The molecule has 1 unspecified atom stereocenters. The van der Waals surface area contributed by atoms with E-state index in [0.717, 1.165) is 6.42 Å². The first-order valence-corrected chi connectivity index (χ1v) is 7.77. The van der Waals surface area contributed by atoms with Gasteiger partial charge in [0.25, 0.3) is 0 Å². The van der Waals surface area contributed by atoms with E-state index in [1.807, 2.05) is 27.7 Å². The Kier molecular flexibility index (Phi) is 12.6. The topological polar surface area (TPSA) is 46.2 Å². The van der Waals surface area contributed by atoms with E-state index in [2.05, 4.69) is 0 Å². The first-order valence-electron chi connectivity index (χ1n) is 5.58. The molecule has 5 nitrogen and oxygen atoms in total. The van der Waals surface area contributed by atoms with E-state index in [4.69, 9.17) is 22.4 Å². The van der Waals surface area contributed by atoms with Crippen LogP contribution in [0.15, 0.2) is 0 Å². The fourth-order valence-corrected chi connectivity index (χ4v) is 3.01.